The van der Waals surface area contributed by atoms with E-state index in [1.807, 2.05) is 0 Å². The van der Waals surface area contributed by atoms with Crippen LogP contribution in [0, 0.1) is 5.82 Å². The van der Waals surface area contributed by atoms with E-state index >= 15 is 0 Å². The van der Waals surface area contributed by atoms with Crippen molar-refractivity contribution >= 4 is 35.2 Å². The maximum atomic E-state index is 13.8. The molecule has 7 nitrogen and oxygen atoms in total. The molecule has 0 aliphatic carbocycles. The third-order valence-corrected chi connectivity index (χ3v) is 3.96. The molecule has 0 atom stereocenters. The van der Waals surface area contributed by atoms with Gasteiger partial charge in [0.1, 0.15) is 18.0 Å². The van der Waals surface area contributed by atoms with Crippen molar-refractivity contribution in [3.8, 4) is 0 Å². The molecule has 0 aliphatic heterocycles. The number of hydrogen-bond donors (Lipinski definition) is 3. The average molecular weight is 436 g/mol. The van der Waals surface area contributed by atoms with E-state index in [-0.39, 0.29) is 23.7 Å². The molecular formula is C21H23ClFN3O4. The highest BCUT2D eigenvalue weighted by Crippen LogP contribution is 2.19. The van der Waals surface area contributed by atoms with Crippen LogP contribution < -0.4 is 16.0 Å². The van der Waals surface area contributed by atoms with Gasteiger partial charge in [-0.3, -0.25) is 9.59 Å². The summed E-state index contributed by atoms with van der Waals surface area (Å²) >= 11 is 5.89. The van der Waals surface area contributed by atoms with Crippen molar-refractivity contribution in [3.05, 3.63) is 64.4 Å². The van der Waals surface area contributed by atoms with Crippen molar-refractivity contribution in [2.24, 2.45) is 0 Å². The molecule has 2 aromatic rings. The second-order valence-corrected chi connectivity index (χ2v) is 7.79. The quantitative estimate of drug-likeness (QED) is 0.641. The highest BCUT2D eigenvalue weighted by Gasteiger charge is 2.17. The molecule has 0 aromatic heterocycles. The van der Waals surface area contributed by atoms with Crippen molar-refractivity contribution in [1.82, 2.24) is 10.6 Å². The van der Waals surface area contributed by atoms with Crippen LogP contribution in [-0.4, -0.2) is 30.1 Å². The summed E-state index contributed by atoms with van der Waals surface area (Å²) in [6.45, 7) is 5.00. The second kappa shape index (κ2) is 10.1. The average Bonchev–Trinajstić information content (AvgIpc) is 2.63. The summed E-state index contributed by atoms with van der Waals surface area (Å²) in [7, 11) is 0. The van der Waals surface area contributed by atoms with Crippen LogP contribution in [0.5, 0.6) is 0 Å². The summed E-state index contributed by atoms with van der Waals surface area (Å²) < 4.78 is 18.9. The van der Waals surface area contributed by atoms with Crippen LogP contribution in [0.1, 0.15) is 36.7 Å². The Morgan fingerprint density at radius 3 is 2.43 bits per heavy atom. The van der Waals surface area contributed by atoms with E-state index in [9.17, 15) is 18.8 Å². The number of carbonyl (C=O) groups is 3. The number of benzene rings is 2. The molecule has 0 saturated heterocycles. The summed E-state index contributed by atoms with van der Waals surface area (Å²) in [5.74, 6) is -1.80. The van der Waals surface area contributed by atoms with Crippen LogP contribution in [0.2, 0.25) is 5.02 Å². The fourth-order valence-corrected chi connectivity index (χ4v) is 2.67. The van der Waals surface area contributed by atoms with Crippen LogP contribution in [0.15, 0.2) is 42.5 Å². The molecule has 0 heterocycles. The van der Waals surface area contributed by atoms with Crippen molar-refractivity contribution in [2.45, 2.75) is 32.9 Å². The van der Waals surface area contributed by atoms with Crippen LogP contribution in [0.3, 0.4) is 0 Å². The lowest BCUT2D eigenvalue weighted by Gasteiger charge is -2.19. The van der Waals surface area contributed by atoms with E-state index in [1.165, 1.54) is 12.1 Å². The molecule has 30 heavy (non-hydrogen) atoms. The number of carbonyl (C=O) groups excluding carboxylic acids is 3. The monoisotopic (exact) mass is 435 g/mol. The number of ether oxygens (including phenoxy) is 1. The van der Waals surface area contributed by atoms with Crippen molar-refractivity contribution < 1.29 is 23.5 Å². The van der Waals surface area contributed by atoms with Gasteiger partial charge in [0.25, 0.3) is 5.91 Å². The largest absolute Gasteiger partial charge is 0.444 e. The second-order valence-electron chi connectivity index (χ2n) is 7.38. The maximum Gasteiger partial charge on any atom is 0.408 e. The highest BCUT2D eigenvalue weighted by atomic mass is 35.5. The number of amides is 3. The zero-order valence-corrected chi connectivity index (χ0v) is 17.6. The molecule has 3 N–H and O–H groups in total. The standard InChI is InChI=1S/C21H23ClFN3O4/c1-21(2,3)30-20(29)25-12-17(27)26-14-7-4-6-13(10-14)11-24-19(28)18-15(22)8-5-9-16(18)23/h4-10H,11-12H2,1-3H3,(H,24,28)(H,25,29)(H,26,27). The van der Waals surface area contributed by atoms with Gasteiger partial charge in [-0.2, -0.15) is 0 Å². The molecule has 2 aromatic carbocycles. The molecule has 0 unspecified atom stereocenters. The number of hydrogen-bond acceptors (Lipinski definition) is 4. The molecule has 0 saturated carbocycles. The predicted molar refractivity (Wildman–Crippen MR) is 112 cm³/mol. The van der Waals surface area contributed by atoms with Gasteiger partial charge in [-0.05, 0) is 50.6 Å². The molecule has 160 valence electrons. The van der Waals surface area contributed by atoms with E-state index in [4.69, 9.17) is 16.3 Å². The van der Waals surface area contributed by atoms with Gasteiger partial charge in [-0.15, -0.1) is 0 Å². The number of halogens is 2. The molecular weight excluding hydrogens is 413 g/mol. The topological polar surface area (TPSA) is 96.5 Å². The number of nitrogens with one attached hydrogen (secondary N) is 3. The van der Waals surface area contributed by atoms with E-state index in [2.05, 4.69) is 16.0 Å². The zero-order valence-electron chi connectivity index (χ0n) is 16.8. The Bertz CT molecular complexity index is 924. The maximum absolute atomic E-state index is 13.8. The summed E-state index contributed by atoms with van der Waals surface area (Å²) in [4.78, 5) is 35.8. The SMILES string of the molecule is CC(C)(C)OC(=O)NCC(=O)Nc1cccc(CNC(=O)c2c(F)cccc2Cl)c1. The Labute approximate surface area is 178 Å². The minimum absolute atomic E-state index is 0.0194. The summed E-state index contributed by atoms with van der Waals surface area (Å²) in [6.07, 6.45) is -0.694. The minimum atomic E-state index is -0.710. The Morgan fingerprint density at radius 1 is 1.07 bits per heavy atom. The van der Waals surface area contributed by atoms with Gasteiger partial charge >= 0.3 is 6.09 Å². The highest BCUT2D eigenvalue weighted by molar-refractivity contribution is 6.33. The first-order valence-electron chi connectivity index (χ1n) is 9.13. The lowest BCUT2D eigenvalue weighted by atomic mass is 10.1. The fourth-order valence-electron chi connectivity index (χ4n) is 2.42. The molecule has 0 aliphatic rings. The molecule has 0 spiro atoms. The summed E-state index contributed by atoms with van der Waals surface area (Å²) in [5, 5.41) is 7.61. The van der Waals surface area contributed by atoms with E-state index in [1.54, 1.807) is 45.0 Å². The van der Waals surface area contributed by atoms with Gasteiger partial charge in [-0.25, -0.2) is 9.18 Å². The van der Waals surface area contributed by atoms with Gasteiger partial charge in [0, 0.05) is 12.2 Å². The van der Waals surface area contributed by atoms with E-state index < -0.39 is 29.3 Å². The molecule has 3 amide bonds. The van der Waals surface area contributed by atoms with E-state index in [0.717, 1.165) is 6.07 Å². The lowest BCUT2D eigenvalue weighted by molar-refractivity contribution is -0.115. The predicted octanol–water partition coefficient (Wildman–Crippen LogP) is 3.87. The van der Waals surface area contributed by atoms with Crippen LogP contribution in [0.4, 0.5) is 14.9 Å². The van der Waals surface area contributed by atoms with E-state index in [0.29, 0.717) is 11.3 Å². The molecule has 0 radical (unpaired) electrons. The molecule has 9 heteroatoms. The van der Waals surface area contributed by atoms with Crippen LogP contribution in [-0.2, 0) is 16.1 Å². The Kier molecular flexibility index (Phi) is 7.77. The number of rotatable bonds is 6. The lowest BCUT2D eigenvalue weighted by Crippen LogP contribution is -2.37. The van der Waals surface area contributed by atoms with Gasteiger partial charge in [0.05, 0.1) is 10.6 Å². The Morgan fingerprint density at radius 2 is 1.77 bits per heavy atom. The van der Waals surface area contributed by atoms with Crippen molar-refractivity contribution in [2.75, 3.05) is 11.9 Å². The van der Waals surface area contributed by atoms with Gasteiger partial charge in [0.15, 0.2) is 0 Å². The van der Waals surface area contributed by atoms with Crippen LogP contribution in [0.25, 0.3) is 0 Å². The molecule has 0 fully saturated rings. The Hall–Kier alpha value is -3.13. The fraction of sp³-hybridized carbons (Fsp3) is 0.286. The summed E-state index contributed by atoms with van der Waals surface area (Å²) in [6, 6.07) is 10.7. The normalized spacial score (nSPS) is 10.8. The van der Waals surface area contributed by atoms with Gasteiger partial charge in [-0.1, -0.05) is 29.8 Å². The number of anilines is 1. The Balaban J connectivity index is 1.89. The van der Waals surface area contributed by atoms with Gasteiger partial charge in [0.2, 0.25) is 5.91 Å². The van der Waals surface area contributed by atoms with Crippen molar-refractivity contribution in [3.63, 3.8) is 0 Å². The van der Waals surface area contributed by atoms with Gasteiger partial charge < -0.3 is 20.7 Å². The third-order valence-electron chi connectivity index (χ3n) is 3.65. The number of alkyl carbamates (subject to hydrolysis) is 1. The molecule has 2 rings (SSSR count). The minimum Gasteiger partial charge on any atom is -0.444 e. The van der Waals surface area contributed by atoms with Crippen molar-refractivity contribution in [1.29, 1.82) is 0 Å². The smallest absolute Gasteiger partial charge is 0.408 e. The third kappa shape index (κ3) is 7.36. The zero-order chi connectivity index (χ0) is 22.3. The molecule has 0 bridgehead atoms. The van der Waals surface area contributed by atoms with Crippen LogP contribution >= 0.6 is 11.6 Å². The summed E-state index contributed by atoms with van der Waals surface area (Å²) in [5.41, 5.74) is 0.263. The first-order valence-corrected chi connectivity index (χ1v) is 9.51. The first kappa shape index (κ1) is 23.2. The first-order chi connectivity index (χ1) is 14.0.